The highest BCUT2D eigenvalue weighted by molar-refractivity contribution is 14.1. The molecule has 0 unspecified atom stereocenters. The van der Waals surface area contributed by atoms with Crippen LogP contribution in [0.5, 0.6) is 11.5 Å². The van der Waals surface area contributed by atoms with E-state index < -0.39 is 11.6 Å². The van der Waals surface area contributed by atoms with Gasteiger partial charge in [-0.3, -0.25) is 0 Å². The maximum Gasteiger partial charge on any atom is 0.335 e. The second kappa shape index (κ2) is 16.4. The zero-order valence-electron chi connectivity index (χ0n) is 27.3. The topological polar surface area (TPSA) is 126 Å². The highest BCUT2D eigenvalue weighted by atomic mass is 127. The Balaban J connectivity index is 0.000000252. The van der Waals surface area contributed by atoms with E-state index in [1.54, 1.807) is 28.1 Å². The van der Waals surface area contributed by atoms with Gasteiger partial charge in [-0.25, -0.2) is 14.8 Å². The normalized spacial score (nSPS) is 16.4. The van der Waals surface area contributed by atoms with E-state index in [1.807, 2.05) is 62.4 Å². The molecule has 2 aromatic carbocycles. The van der Waals surface area contributed by atoms with Crippen molar-refractivity contribution in [3.63, 3.8) is 0 Å². The van der Waals surface area contributed by atoms with Crippen LogP contribution in [0.2, 0.25) is 0 Å². The van der Waals surface area contributed by atoms with Gasteiger partial charge in [-0.05, 0) is 101 Å². The zero-order chi connectivity index (χ0) is 33.3. The van der Waals surface area contributed by atoms with Gasteiger partial charge in [0.25, 0.3) is 0 Å². The Morgan fingerprint density at radius 3 is 1.89 bits per heavy atom. The molecule has 2 heterocycles. The molecule has 1 saturated carbocycles. The van der Waals surface area contributed by atoms with Crippen molar-refractivity contribution in [2.75, 3.05) is 20.8 Å². The number of hydrogen-bond donors (Lipinski definition) is 1. The van der Waals surface area contributed by atoms with E-state index in [0.29, 0.717) is 30.9 Å². The smallest absolute Gasteiger partial charge is 0.335 e. The molecule has 11 heteroatoms. The lowest BCUT2D eigenvalue weighted by atomic mass is 9.87. The summed E-state index contributed by atoms with van der Waals surface area (Å²) in [5.41, 5.74) is 2.50. The summed E-state index contributed by atoms with van der Waals surface area (Å²) in [7, 11) is 3.28. The Morgan fingerprint density at radius 2 is 1.41 bits per heavy atom. The average Bonchev–Trinajstić information content (AvgIpc) is 3.64. The molecule has 1 aliphatic carbocycles. The summed E-state index contributed by atoms with van der Waals surface area (Å²) in [5.74, 6) is 3.86. The van der Waals surface area contributed by atoms with E-state index in [-0.39, 0.29) is 6.10 Å². The fourth-order valence-electron chi connectivity index (χ4n) is 4.96. The van der Waals surface area contributed by atoms with Crippen LogP contribution in [-0.2, 0) is 25.3 Å². The number of ether oxygens (including phenoxy) is 4. The summed E-state index contributed by atoms with van der Waals surface area (Å²) in [5, 5.41) is 9.20. The third-order valence-corrected chi connectivity index (χ3v) is 8.69. The van der Waals surface area contributed by atoms with Crippen LogP contribution in [0.15, 0.2) is 57.4 Å². The Kier molecular flexibility index (Phi) is 12.6. The van der Waals surface area contributed by atoms with Crippen molar-refractivity contribution in [2.24, 2.45) is 5.92 Å². The number of carboxylic acid groups (broad SMARTS) is 1. The summed E-state index contributed by atoms with van der Waals surface area (Å²) >= 11 is 2.28. The maximum atomic E-state index is 11.2. The van der Waals surface area contributed by atoms with E-state index in [2.05, 4.69) is 32.6 Å². The van der Waals surface area contributed by atoms with Crippen molar-refractivity contribution in [3.8, 4) is 34.4 Å². The van der Waals surface area contributed by atoms with Gasteiger partial charge in [-0.2, -0.15) is 0 Å². The molecule has 1 fully saturated rings. The van der Waals surface area contributed by atoms with Gasteiger partial charge in [0.15, 0.2) is 5.60 Å². The number of aryl methyl sites for hydroxylation is 2. The molecule has 10 nitrogen and oxygen atoms in total. The standard InChI is InChI=1S/C23H31NO6.C12H12INO2/c1-15-20(24-21(30-15)17-8-10-18(27-4)11-9-17)14-28-19-7-5-6-16(12-19)13-29-23(2,3)22(25)26;1-8-11(7-13)14-12(16-8)9-3-5-10(15-2)6-4-9/h8-11,16,19H,5-7,12-14H2,1-4H3,(H,25,26);3-6H,7H2,1-2H3/t16-,19+;/m1./s1. The number of nitrogens with zero attached hydrogens (tertiary/aromatic N) is 2. The molecule has 0 aliphatic heterocycles. The Labute approximate surface area is 284 Å². The minimum atomic E-state index is -1.16. The predicted octanol–water partition coefficient (Wildman–Crippen LogP) is 8.21. The number of rotatable bonds is 12. The lowest BCUT2D eigenvalue weighted by Crippen LogP contribution is -2.37. The number of carbonyl (C=O) groups is 1. The minimum Gasteiger partial charge on any atom is -0.497 e. The fraction of sp³-hybridized carbons (Fsp3) is 0.457. The van der Waals surface area contributed by atoms with Crippen LogP contribution in [0.25, 0.3) is 22.9 Å². The first-order chi connectivity index (χ1) is 22.0. The predicted molar refractivity (Wildman–Crippen MR) is 182 cm³/mol. The van der Waals surface area contributed by atoms with Crippen LogP contribution in [0, 0.1) is 19.8 Å². The summed E-state index contributed by atoms with van der Waals surface area (Å²) in [6.07, 6.45) is 4.03. The number of aliphatic carboxylic acids is 1. The van der Waals surface area contributed by atoms with Crippen LogP contribution in [0.1, 0.15) is 62.4 Å². The lowest BCUT2D eigenvalue weighted by molar-refractivity contribution is -0.163. The van der Waals surface area contributed by atoms with E-state index in [1.165, 1.54) is 0 Å². The number of benzene rings is 2. The number of aromatic nitrogens is 2. The Morgan fingerprint density at radius 1 is 0.891 bits per heavy atom. The number of methoxy groups -OCH3 is 2. The third kappa shape index (κ3) is 9.55. The molecule has 0 spiro atoms. The van der Waals surface area contributed by atoms with Gasteiger partial charge in [0.2, 0.25) is 11.8 Å². The largest absolute Gasteiger partial charge is 0.497 e. The van der Waals surface area contributed by atoms with Gasteiger partial charge in [-0.15, -0.1) is 0 Å². The van der Waals surface area contributed by atoms with Gasteiger partial charge in [0.05, 0.1) is 39.2 Å². The van der Waals surface area contributed by atoms with Gasteiger partial charge in [0, 0.05) is 15.6 Å². The molecule has 2 aromatic heterocycles. The van der Waals surface area contributed by atoms with Crippen molar-refractivity contribution in [3.05, 3.63) is 71.4 Å². The SMILES string of the molecule is COc1ccc(-c2nc(CI)c(C)o2)cc1.COc1ccc(-c2nc(CO[C@H]3CCC[C@@H](COC(C)(C)C(=O)O)C3)c(C)o2)cc1. The van der Waals surface area contributed by atoms with Crippen molar-refractivity contribution >= 4 is 28.6 Å². The molecule has 248 valence electrons. The molecule has 2 atom stereocenters. The van der Waals surface area contributed by atoms with E-state index in [4.69, 9.17) is 27.8 Å². The van der Waals surface area contributed by atoms with Crippen LogP contribution < -0.4 is 9.47 Å². The first-order valence-electron chi connectivity index (χ1n) is 15.3. The van der Waals surface area contributed by atoms with Gasteiger partial charge >= 0.3 is 5.97 Å². The van der Waals surface area contributed by atoms with E-state index in [9.17, 15) is 9.90 Å². The van der Waals surface area contributed by atoms with Crippen LogP contribution in [0.3, 0.4) is 0 Å². The molecule has 46 heavy (non-hydrogen) atoms. The first-order valence-corrected chi connectivity index (χ1v) is 16.8. The highest BCUT2D eigenvalue weighted by Gasteiger charge is 2.31. The molecule has 1 N–H and O–H groups in total. The zero-order valence-corrected chi connectivity index (χ0v) is 29.5. The molecule has 4 aromatic rings. The van der Waals surface area contributed by atoms with Crippen LogP contribution in [-0.4, -0.2) is 53.6 Å². The average molecular weight is 747 g/mol. The van der Waals surface area contributed by atoms with Crippen molar-refractivity contribution in [1.29, 1.82) is 0 Å². The number of alkyl halides is 1. The van der Waals surface area contributed by atoms with Gasteiger partial charge in [-0.1, -0.05) is 29.0 Å². The van der Waals surface area contributed by atoms with Crippen LogP contribution in [0.4, 0.5) is 0 Å². The molecule has 0 radical (unpaired) electrons. The van der Waals surface area contributed by atoms with Crippen molar-refractivity contribution in [2.45, 2.75) is 76.1 Å². The first kappa shape index (κ1) is 35.4. The molecule has 0 bridgehead atoms. The van der Waals surface area contributed by atoms with Gasteiger partial charge < -0.3 is 32.9 Å². The summed E-state index contributed by atoms with van der Waals surface area (Å²) in [4.78, 5) is 20.3. The number of hydrogen-bond acceptors (Lipinski definition) is 9. The van der Waals surface area contributed by atoms with E-state index in [0.717, 1.165) is 75.6 Å². The quantitative estimate of drug-likeness (QED) is 0.112. The number of carboxylic acids is 1. The third-order valence-electron chi connectivity index (χ3n) is 7.97. The Hall–Kier alpha value is -3.42. The molecule has 5 rings (SSSR count). The Bertz CT molecular complexity index is 1550. The highest BCUT2D eigenvalue weighted by Crippen LogP contribution is 2.30. The minimum absolute atomic E-state index is 0.112. The molecule has 0 amide bonds. The summed E-state index contributed by atoms with van der Waals surface area (Å²) < 4.78 is 34.4. The summed E-state index contributed by atoms with van der Waals surface area (Å²) in [6.45, 7) is 7.83. The molecule has 0 saturated heterocycles. The van der Waals surface area contributed by atoms with Gasteiger partial charge in [0.1, 0.15) is 28.7 Å². The van der Waals surface area contributed by atoms with Crippen molar-refractivity contribution in [1.82, 2.24) is 9.97 Å². The van der Waals surface area contributed by atoms with Crippen molar-refractivity contribution < 1.29 is 37.7 Å². The molecular formula is C35H43IN2O8. The lowest BCUT2D eigenvalue weighted by Gasteiger charge is -2.31. The maximum absolute atomic E-state index is 11.2. The monoisotopic (exact) mass is 746 g/mol. The molecular weight excluding hydrogens is 703 g/mol. The molecule has 1 aliphatic rings. The summed E-state index contributed by atoms with van der Waals surface area (Å²) in [6, 6.07) is 15.3. The van der Waals surface area contributed by atoms with Crippen LogP contribution >= 0.6 is 22.6 Å². The number of halogens is 1. The second-order valence-corrected chi connectivity index (χ2v) is 12.5. The van der Waals surface area contributed by atoms with E-state index >= 15 is 0 Å². The second-order valence-electron chi connectivity index (χ2n) is 11.7. The fourth-order valence-corrected chi connectivity index (χ4v) is 5.66. The number of oxazole rings is 2.